The second kappa shape index (κ2) is 8.74. The lowest BCUT2D eigenvalue weighted by Crippen LogP contribution is -2.45. The Bertz CT molecular complexity index is 423. The molecule has 1 aliphatic carbocycles. The summed E-state index contributed by atoms with van der Waals surface area (Å²) in [6, 6.07) is -1.01. The second-order valence-corrected chi connectivity index (χ2v) is 6.83. The lowest BCUT2D eigenvalue weighted by molar-refractivity contribution is -0.153. The molecule has 1 fully saturated rings. The fraction of sp³-hybridized carbons (Fsp3) is 0.812. The maximum atomic E-state index is 12.2. The molecule has 0 bridgehead atoms. The number of rotatable bonds is 6. The van der Waals surface area contributed by atoms with Gasteiger partial charge in [-0.2, -0.15) is 0 Å². The normalized spacial score (nSPS) is 17.2. The number of carboxylic acid groups (broad SMARTS) is 1. The molecule has 0 heterocycles. The maximum Gasteiger partial charge on any atom is 0.408 e. The molecule has 0 spiro atoms. The number of nitrogens with one attached hydrogen (secondary N) is 1. The zero-order valence-electron chi connectivity index (χ0n) is 14.1. The molecule has 0 saturated heterocycles. The van der Waals surface area contributed by atoms with Gasteiger partial charge < -0.3 is 19.9 Å². The van der Waals surface area contributed by atoms with Gasteiger partial charge in [-0.3, -0.25) is 4.79 Å². The number of amides is 1. The molecule has 1 rings (SSSR count). The van der Waals surface area contributed by atoms with E-state index < -0.39 is 29.7 Å². The third kappa shape index (κ3) is 8.42. The fourth-order valence-electron chi connectivity index (χ4n) is 2.40. The molecule has 0 aromatic rings. The standard InChI is InChI=1S/C16H27NO6/c1-16(2,3)23-15(21)17-12(9-10-13(18)19)14(20)22-11-7-5-4-6-8-11/h11-12H,4-10H2,1-3H3,(H,17,21)(H,18,19). The van der Waals surface area contributed by atoms with Crippen molar-refractivity contribution in [2.24, 2.45) is 0 Å². The number of alkyl carbamates (subject to hydrolysis) is 1. The van der Waals surface area contributed by atoms with Crippen molar-refractivity contribution in [1.82, 2.24) is 5.32 Å². The highest BCUT2D eigenvalue weighted by atomic mass is 16.6. The Morgan fingerprint density at radius 2 is 1.78 bits per heavy atom. The fourth-order valence-corrected chi connectivity index (χ4v) is 2.40. The molecule has 7 nitrogen and oxygen atoms in total. The molecule has 1 saturated carbocycles. The quantitative estimate of drug-likeness (QED) is 0.726. The highest BCUT2D eigenvalue weighted by molar-refractivity contribution is 5.82. The second-order valence-electron chi connectivity index (χ2n) is 6.83. The average Bonchev–Trinajstić information content (AvgIpc) is 2.42. The maximum absolute atomic E-state index is 12.2. The summed E-state index contributed by atoms with van der Waals surface area (Å²) in [6.07, 6.45) is 3.60. The SMILES string of the molecule is CC(C)(C)OC(=O)NC(CCC(=O)O)C(=O)OC1CCCCC1. The van der Waals surface area contributed by atoms with E-state index in [1.54, 1.807) is 20.8 Å². The van der Waals surface area contributed by atoms with Crippen LogP contribution >= 0.6 is 0 Å². The van der Waals surface area contributed by atoms with Gasteiger partial charge in [-0.05, 0) is 52.9 Å². The third-order valence-electron chi connectivity index (χ3n) is 3.46. The van der Waals surface area contributed by atoms with Gasteiger partial charge in [0.05, 0.1) is 0 Å². The predicted octanol–water partition coefficient (Wildman–Crippen LogP) is 2.62. The molecule has 0 aromatic carbocycles. The van der Waals surface area contributed by atoms with Crippen LogP contribution in [-0.4, -0.2) is 40.9 Å². The Balaban J connectivity index is 2.60. The highest BCUT2D eigenvalue weighted by Crippen LogP contribution is 2.21. The molecular formula is C16H27NO6. The molecule has 1 unspecified atom stereocenters. The summed E-state index contributed by atoms with van der Waals surface area (Å²) < 4.78 is 10.5. The Morgan fingerprint density at radius 3 is 2.30 bits per heavy atom. The van der Waals surface area contributed by atoms with Crippen molar-refractivity contribution in [3.63, 3.8) is 0 Å². The molecule has 132 valence electrons. The number of hydrogen-bond donors (Lipinski definition) is 2. The van der Waals surface area contributed by atoms with E-state index in [4.69, 9.17) is 14.6 Å². The first-order chi connectivity index (χ1) is 10.7. The highest BCUT2D eigenvalue weighted by Gasteiger charge is 2.28. The van der Waals surface area contributed by atoms with Crippen LogP contribution in [0.4, 0.5) is 4.79 Å². The summed E-state index contributed by atoms with van der Waals surface area (Å²) in [4.78, 5) is 34.8. The van der Waals surface area contributed by atoms with Gasteiger partial charge in [0, 0.05) is 6.42 Å². The Kier molecular flexibility index (Phi) is 7.32. The summed E-state index contributed by atoms with van der Waals surface area (Å²) in [6.45, 7) is 5.12. The lowest BCUT2D eigenvalue weighted by atomic mass is 9.98. The van der Waals surface area contributed by atoms with Crippen molar-refractivity contribution in [3.8, 4) is 0 Å². The van der Waals surface area contributed by atoms with Crippen molar-refractivity contribution in [1.29, 1.82) is 0 Å². The minimum Gasteiger partial charge on any atom is -0.481 e. The Labute approximate surface area is 136 Å². The van der Waals surface area contributed by atoms with Crippen LogP contribution in [0.1, 0.15) is 65.7 Å². The van der Waals surface area contributed by atoms with Crippen molar-refractivity contribution >= 4 is 18.0 Å². The van der Waals surface area contributed by atoms with Gasteiger partial charge in [-0.25, -0.2) is 9.59 Å². The number of carbonyl (C=O) groups excluding carboxylic acids is 2. The minimum absolute atomic E-state index is 0.0276. The first-order valence-electron chi connectivity index (χ1n) is 8.09. The van der Waals surface area contributed by atoms with Crippen molar-refractivity contribution in [2.75, 3.05) is 0 Å². The summed E-state index contributed by atoms with van der Waals surface area (Å²) >= 11 is 0. The number of carbonyl (C=O) groups is 3. The molecular weight excluding hydrogens is 302 g/mol. The summed E-state index contributed by atoms with van der Waals surface area (Å²) in [5.74, 6) is -1.63. The third-order valence-corrected chi connectivity index (χ3v) is 3.46. The van der Waals surface area contributed by atoms with E-state index in [0.29, 0.717) is 0 Å². The zero-order chi connectivity index (χ0) is 17.5. The van der Waals surface area contributed by atoms with Gasteiger partial charge in [-0.1, -0.05) is 6.42 Å². The monoisotopic (exact) mass is 329 g/mol. The van der Waals surface area contributed by atoms with Crippen LogP contribution in [0, 0.1) is 0 Å². The number of hydrogen-bond acceptors (Lipinski definition) is 5. The van der Waals surface area contributed by atoms with E-state index in [9.17, 15) is 14.4 Å². The molecule has 0 radical (unpaired) electrons. The van der Waals surface area contributed by atoms with Gasteiger partial charge in [0.15, 0.2) is 0 Å². The molecule has 7 heteroatoms. The largest absolute Gasteiger partial charge is 0.481 e. The number of carboxylic acids is 1. The van der Waals surface area contributed by atoms with E-state index in [2.05, 4.69) is 5.32 Å². The topological polar surface area (TPSA) is 102 Å². The minimum atomic E-state index is -1.04. The van der Waals surface area contributed by atoms with Crippen molar-refractivity contribution < 1.29 is 29.0 Å². The van der Waals surface area contributed by atoms with Crippen LogP contribution in [0.2, 0.25) is 0 Å². The molecule has 23 heavy (non-hydrogen) atoms. The summed E-state index contributed by atoms with van der Waals surface area (Å²) in [5, 5.41) is 11.2. The summed E-state index contributed by atoms with van der Waals surface area (Å²) in [7, 11) is 0. The van der Waals surface area contributed by atoms with Crippen molar-refractivity contribution in [3.05, 3.63) is 0 Å². The molecule has 1 atom stereocenters. The number of aliphatic carboxylic acids is 1. The molecule has 0 aromatic heterocycles. The first-order valence-corrected chi connectivity index (χ1v) is 8.09. The van der Waals surface area contributed by atoms with E-state index in [0.717, 1.165) is 32.1 Å². The van der Waals surface area contributed by atoms with Crippen LogP contribution in [-0.2, 0) is 19.1 Å². The van der Waals surface area contributed by atoms with Gasteiger partial charge in [-0.15, -0.1) is 0 Å². The van der Waals surface area contributed by atoms with Crippen LogP contribution < -0.4 is 5.32 Å². The molecule has 2 N–H and O–H groups in total. The van der Waals surface area contributed by atoms with Crippen LogP contribution in [0.25, 0.3) is 0 Å². The van der Waals surface area contributed by atoms with E-state index in [1.165, 1.54) is 0 Å². The van der Waals surface area contributed by atoms with Gasteiger partial charge in [0.1, 0.15) is 17.7 Å². The van der Waals surface area contributed by atoms with Crippen LogP contribution in [0.5, 0.6) is 0 Å². The zero-order valence-corrected chi connectivity index (χ0v) is 14.1. The predicted molar refractivity (Wildman–Crippen MR) is 83.0 cm³/mol. The van der Waals surface area contributed by atoms with E-state index in [1.807, 2.05) is 0 Å². The lowest BCUT2D eigenvalue weighted by Gasteiger charge is -2.26. The van der Waals surface area contributed by atoms with E-state index in [-0.39, 0.29) is 18.9 Å². The summed E-state index contributed by atoms with van der Waals surface area (Å²) in [5.41, 5.74) is -0.700. The first kappa shape index (κ1) is 19.3. The van der Waals surface area contributed by atoms with Crippen LogP contribution in [0.15, 0.2) is 0 Å². The molecule has 0 aliphatic heterocycles. The Morgan fingerprint density at radius 1 is 1.17 bits per heavy atom. The number of esters is 1. The van der Waals surface area contributed by atoms with Gasteiger partial charge in [0.2, 0.25) is 0 Å². The Hall–Kier alpha value is -1.79. The van der Waals surface area contributed by atoms with Crippen LogP contribution in [0.3, 0.4) is 0 Å². The molecule has 1 aliphatic rings. The average molecular weight is 329 g/mol. The van der Waals surface area contributed by atoms with E-state index >= 15 is 0 Å². The van der Waals surface area contributed by atoms with Crippen molar-refractivity contribution in [2.45, 2.75) is 83.5 Å². The van der Waals surface area contributed by atoms with Gasteiger partial charge in [0.25, 0.3) is 0 Å². The number of ether oxygens (including phenoxy) is 2. The van der Waals surface area contributed by atoms with Gasteiger partial charge >= 0.3 is 18.0 Å². The molecule has 1 amide bonds. The smallest absolute Gasteiger partial charge is 0.408 e.